The lowest BCUT2D eigenvalue weighted by Gasteiger charge is -2.23. The molecule has 0 aromatic carbocycles. The Morgan fingerprint density at radius 1 is 1.21 bits per heavy atom. The molecule has 10 heteroatoms. The zero-order valence-electron chi connectivity index (χ0n) is 6.61. The molecule has 0 aliphatic carbocycles. The standard InChI is InChI=1S/C4H8N2O7S/c5-4(6,3(9)10)1(2(7)8)14(11,12)13/h1H,5-6H2,(H,7,8)(H,9,10)(H,11,12,13). The maximum atomic E-state index is 10.5. The van der Waals surface area contributed by atoms with E-state index >= 15 is 0 Å². The number of carboxylic acids is 2. The third-order valence-corrected chi connectivity index (χ3v) is 2.51. The van der Waals surface area contributed by atoms with Crippen LogP contribution in [0.15, 0.2) is 0 Å². The van der Waals surface area contributed by atoms with Gasteiger partial charge in [0.05, 0.1) is 0 Å². The van der Waals surface area contributed by atoms with Crippen LogP contribution in [0.4, 0.5) is 0 Å². The van der Waals surface area contributed by atoms with Gasteiger partial charge in [0.1, 0.15) is 0 Å². The van der Waals surface area contributed by atoms with Gasteiger partial charge in [-0.1, -0.05) is 0 Å². The molecule has 0 radical (unpaired) electrons. The maximum Gasteiger partial charge on any atom is 0.340 e. The molecule has 9 nitrogen and oxygen atoms in total. The Labute approximate surface area is 78.1 Å². The van der Waals surface area contributed by atoms with Crippen LogP contribution in [0.3, 0.4) is 0 Å². The summed E-state index contributed by atoms with van der Waals surface area (Å²) in [5, 5.41) is 13.8. The zero-order valence-corrected chi connectivity index (χ0v) is 7.43. The second-order valence-electron chi connectivity index (χ2n) is 2.47. The number of nitrogens with two attached hydrogens (primary N) is 2. The molecule has 0 fully saturated rings. The van der Waals surface area contributed by atoms with Gasteiger partial charge in [0.2, 0.25) is 5.25 Å². The Bertz CT molecular complexity index is 358. The van der Waals surface area contributed by atoms with E-state index in [0.29, 0.717) is 0 Å². The van der Waals surface area contributed by atoms with E-state index in [1.807, 2.05) is 0 Å². The first-order valence-corrected chi connectivity index (χ1v) is 4.51. The van der Waals surface area contributed by atoms with Gasteiger partial charge in [0.25, 0.3) is 10.1 Å². The Hall–Kier alpha value is -1.23. The van der Waals surface area contributed by atoms with Crippen molar-refractivity contribution in [3.63, 3.8) is 0 Å². The largest absolute Gasteiger partial charge is 0.480 e. The highest BCUT2D eigenvalue weighted by atomic mass is 32.2. The molecule has 0 aliphatic heterocycles. The molecular formula is C4H8N2O7S. The van der Waals surface area contributed by atoms with E-state index in [1.165, 1.54) is 0 Å². The Morgan fingerprint density at radius 2 is 1.57 bits per heavy atom. The second-order valence-corrected chi connectivity index (χ2v) is 3.97. The monoisotopic (exact) mass is 228 g/mol. The summed E-state index contributed by atoms with van der Waals surface area (Å²) in [6.45, 7) is 0. The lowest BCUT2D eigenvalue weighted by Crippen LogP contribution is -2.68. The van der Waals surface area contributed by atoms with Crippen LogP contribution in [-0.2, 0) is 19.7 Å². The molecule has 1 atom stereocenters. The zero-order chi connectivity index (χ0) is 11.7. The van der Waals surface area contributed by atoms with Gasteiger partial charge in [0, 0.05) is 0 Å². The van der Waals surface area contributed by atoms with Crippen LogP contribution in [0.25, 0.3) is 0 Å². The minimum atomic E-state index is -5.20. The number of hydrogen-bond acceptors (Lipinski definition) is 6. The molecule has 0 saturated heterocycles. The van der Waals surface area contributed by atoms with Gasteiger partial charge in [-0.3, -0.25) is 9.35 Å². The van der Waals surface area contributed by atoms with E-state index in [0.717, 1.165) is 0 Å². The van der Waals surface area contributed by atoms with Crippen LogP contribution in [-0.4, -0.2) is 46.0 Å². The van der Waals surface area contributed by atoms with Crippen molar-refractivity contribution in [1.29, 1.82) is 0 Å². The SMILES string of the molecule is NC(N)(C(=O)O)C(C(=O)O)S(=O)(=O)O. The number of rotatable bonds is 4. The van der Waals surface area contributed by atoms with E-state index in [4.69, 9.17) is 26.2 Å². The van der Waals surface area contributed by atoms with Gasteiger partial charge in [0.15, 0.2) is 5.66 Å². The van der Waals surface area contributed by atoms with Gasteiger partial charge >= 0.3 is 11.9 Å². The average Bonchev–Trinajstić information content (AvgIpc) is 1.79. The fourth-order valence-corrected chi connectivity index (χ4v) is 1.54. The first-order valence-electron chi connectivity index (χ1n) is 3.01. The molecule has 0 aromatic rings. The molecule has 0 aromatic heterocycles. The van der Waals surface area contributed by atoms with Crippen LogP contribution in [0.2, 0.25) is 0 Å². The van der Waals surface area contributed by atoms with Crippen molar-refractivity contribution in [3.8, 4) is 0 Å². The molecule has 0 rings (SSSR count). The lowest BCUT2D eigenvalue weighted by molar-refractivity contribution is -0.149. The summed E-state index contributed by atoms with van der Waals surface area (Å²) in [4.78, 5) is 20.7. The molecule has 0 amide bonds. The Balaban J connectivity index is 5.47. The summed E-state index contributed by atoms with van der Waals surface area (Å²) >= 11 is 0. The molecular weight excluding hydrogens is 220 g/mol. The molecule has 82 valence electrons. The molecule has 7 N–H and O–H groups in total. The highest BCUT2D eigenvalue weighted by Crippen LogP contribution is 2.10. The summed E-state index contributed by atoms with van der Waals surface area (Å²) < 4.78 is 29.4. The van der Waals surface area contributed by atoms with Crippen molar-refractivity contribution < 1.29 is 32.8 Å². The summed E-state index contributed by atoms with van der Waals surface area (Å²) in [5.74, 6) is -4.22. The average molecular weight is 228 g/mol. The highest BCUT2D eigenvalue weighted by Gasteiger charge is 2.51. The van der Waals surface area contributed by atoms with Crippen molar-refractivity contribution in [2.75, 3.05) is 0 Å². The Morgan fingerprint density at radius 3 is 1.64 bits per heavy atom. The van der Waals surface area contributed by atoms with Gasteiger partial charge in [-0.05, 0) is 0 Å². The number of carbonyl (C=O) groups is 2. The maximum absolute atomic E-state index is 10.5. The minimum Gasteiger partial charge on any atom is -0.480 e. The van der Waals surface area contributed by atoms with Crippen LogP contribution in [0.1, 0.15) is 0 Å². The lowest BCUT2D eigenvalue weighted by atomic mass is 10.1. The summed E-state index contributed by atoms with van der Waals surface area (Å²) in [7, 11) is -5.20. The normalized spacial score (nSPS) is 14.8. The van der Waals surface area contributed by atoms with E-state index in [9.17, 15) is 18.0 Å². The minimum absolute atomic E-state index is 2.07. The molecule has 0 aliphatic rings. The fourth-order valence-electron chi connectivity index (χ4n) is 0.690. The van der Waals surface area contributed by atoms with E-state index in [2.05, 4.69) is 0 Å². The van der Waals surface area contributed by atoms with Crippen LogP contribution < -0.4 is 11.5 Å². The predicted octanol–water partition coefficient (Wildman–Crippen LogP) is -2.97. The highest BCUT2D eigenvalue weighted by molar-refractivity contribution is 7.87. The molecule has 0 heterocycles. The van der Waals surface area contributed by atoms with Gasteiger partial charge in [-0.2, -0.15) is 8.42 Å². The van der Waals surface area contributed by atoms with Gasteiger partial charge < -0.3 is 21.7 Å². The van der Waals surface area contributed by atoms with Crippen molar-refractivity contribution in [2.24, 2.45) is 11.5 Å². The predicted molar refractivity (Wildman–Crippen MR) is 41.7 cm³/mol. The van der Waals surface area contributed by atoms with E-state index < -0.39 is 33.0 Å². The van der Waals surface area contributed by atoms with E-state index in [1.54, 1.807) is 0 Å². The third-order valence-electron chi connectivity index (χ3n) is 1.33. The molecule has 14 heavy (non-hydrogen) atoms. The van der Waals surface area contributed by atoms with Crippen LogP contribution >= 0.6 is 0 Å². The fraction of sp³-hybridized carbons (Fsp3) is 0.500. The molecule has 0 spiro atoms. The Kier molecular flexibility index (Phi) is 3.19. The van der Waals surface area contributed by atoms with Crippen molar-refractivity contribution >= 4 is 22.1 Å². The smallest absolute Gasteiger partial charge is 0.340 e. The quantitative estimate of drug-likeness (QED) is 0.247. The van der Waals surface area contributed by atoms with Crippen LogP contribution in [0.5, 0.6) is 0 Å². The first kappa shape index (κ1) is 12.8. The second kappa shape index (κ2) is 3.49. The van der Waals surface area contributed by atoms with Crippen molar-refractivity contribution in [1.82, 2.24) is 0 Å². The number of hydrogen-bond donors (Lipinski definition) is 5. The van der Waals surface area contributed by atoms with Crippen LogP contribution in [0, 0.1) is 0 Å². The topological polar surface area (TPSA) is 181 Å². The summed E-state index contributed by atoms with van der Waals surface area (Å²) in [5.41, 5.74) is 6.40. The van der Waals surface area contributed by atoms with E-state index in [-0.39, 0.29) is 0 Å². The van der Waals surface area contributed by atoms with Crippen molar-refractivity contribution in [3.05, 3.63) is 0 Å². The first-order chi connectivity index (χ1) is 6.01. The summed E-state index contributed by atoms with van der Waals surface area (Å²) in [6.07, 6.45) is 0. The molecule has 0 bridgehead atoms. The molecule has 1 unspecified atom stereocenters. The van der Waals surface area contributed by atoms with Crippen molar-refractivity contribution in [2.45, 2.75) is 10.9 Å². The number of carboxylic acid groups (broad SMARTS) is 2. The van der Waals surface area contributed by atoms with Gasteiger partial charge in [-0.25, -0.2) is 4.79 Å². The third kappa shape index (κ3) is 2.38. The van der Waals surface area contributed by atoms with Gasteiger partial charge in [-0.15, -0.1) is 0 Å². The number of aliphatic carboxylic acids is 2. The molecule has 0 saturated carbocycles. The summed E-state index contributed by atoms with van der Waals surface area (Å²) in [6, 6.07) is 0.